The SMILES string of the molecule is CCOC(=O)C=C(O)c1cccs1. The molecule has 4 heteroatoms. The maximum absolute atomic E-state index is 10.9. The average molecular weight is 198 g/mol. The van der Waals surface area contributed by atoms with Crippen LogP contribution in [-0.2, 0) is 9.53 Å². The fourth-order valence-corrected chi connectivity index (χ4v) is 1.43. The number of esters is 1. The Morgan fingerprint density at radius 3 is 3.08 bits per heavy atom. The molecule has 0 amide bonds. The van der Waals surface area contributed by atoms with Crippen molar-refractivity contribution >= 4 is 23.1 Å². The molecule has 1 heterocycles. The van der Waals surface area contributed by atoms with E-state index >= 15 is 0 Å². The molecule has 3 nitrogen and oxygen atoms in total. The predicted molar refractivity (Wildman–Crippen MR) is 51.6 cm³/mol. The van der Waals surface area contributed by atoms with Crippen molar-refractivity contribution in [2.75, 3.05) is 6.61 Å². The minimum Gasteiger partial charge on any atom is -0.506 e. The number of thiophene rings is 1. The van der Waals surface area contributed by atoms with Gasteiger partial charge >= 0.3 is 5.97 Å². The average Bonchev–Trinajstić information content (AvgIpc) is 2.55. The third-order valence-corrected chi connectivity index (χ3v) is 2.21. The third-order valence-electron chi connectivity index (χ3n) is 1.31. The lowest BCUT2D eigenvalue weighted by Crippen LogP contribution is -2.00. The summed E-state index contributed by atoms with van der Waals surface area (Å²) in [5.74, 6) is -0.568. The molecule has 1 N–H and O–H groups in total. The van der Waals surface area contributed by atoms with E-state index in [1.807, 2.05) is 5.38 Å². The standard InChI is InChI=1S/C9H10O3S/c1-2-12-9(11)6-7(10)8-4-3-5-13-8/h3-6,10H,2H2,1H3. The van der Waals surface area contributed by atoms with Crippen LogP contribution in [0.2, 0.25) is 0 Å². The van der Waals surface area contributed by atoms with E-state index < -0.39 is 5.97 Å². The molecule has 13 heavy (non-hydrogen) atoms. The second-order valence-electron chi connectivity index (χ2n) is 2.26. The number of aliphatic hydroxyl groups excluding tert-OH is 1. The number of ether oxygens (including phenoxy) is 1. The lowest BCUT2D eigenvalue weighted by atomic mass is 10.3. The van der Waals surface area contributed by atoms with E-state index in [4.69, 9.17) is 0 Å². The van der Waals surface area contributed by atoms with E-state index in [0.717, 1.165) is 6.08 Å². The minimum absolute atomic E-state index is 0.0477. The van der Waals surface area contributed by atoms with Crippen LogP contribution in [0.3, 0.4) is 0 Å². The van der Waals surface area contributed by atoms with Crippen LogP contribution in [0.1, 0.15) is 11.8 Å². The lowest BCUT2D eigenvalue weighted by molar-refractivity contribution is -0.137. The van der Waals surface area contributed by atoms with Crippen LogP contribution >= 0.6 is 11.3 Å². The quantitative estimate of drug-likeness (QED) is 0.460. The first-order chi connectivity index (χ1) is 6.24. The molecule has 1 aromatic rings. The molecule has 0 bridgehead atoms. The van der Waals surface area contributed by atoms with E-state index in [-0.39, 0.29) is 5.76 Å². The van der Waals surface area contributed by atoms with Crippen molar-refractivity contribution < 1.29 is 14.6 Å². The maximum Gasteiger partial charge on any atom is 0.334 e. The number of hydrogen-bond donors (Lipinski definition) is 1. The van der Waals surface area contributed by atoms with Gasteiger partial charge in [0.15, 0.2) is 0 Å². The van der Waals surface area contributed by atoms with Crippen LogP contribution in [0.25, 0.3) is 5.76 Å². The van der Waals surface area contributed by atoms with Gasteiger partial charge in [0.05, 0.1) is 17.6 Å². The summed E-state index contributed by atoms with van der Waals surface area (Å²) < 4.78 is 4.64. The molecular formula is C9H10O3S. The van der Waals surface area contributed by atoms with Crippen LogP contribution < -0.4 is 0 Å². The van der Waals surface area contributed by atoms with Crippen LogP contribution in [0.5, 0.6) is 0 Å². The molecule has 1 rings (SSSR count). The highest BCUT2D eigenvalue weighted by Gasteiger charge is 2.03. The normalized spacial score (nSPS) is 11.3. The summed E-state index contributed by atoms with van der Waals surface area (Å²) in [6.07, 6.45) is 1.08. The number of carbonyl (C=O) groups excluding carboxylic acids is 1. The number of rotatable bonds is 3. The van der Waals surface area contributed by atoms with E-state index in [1.165, 1.54) is 11.3 Å². The monoisotopic (exact) mass is 198 g/mol. The Kier molecular flexibility index (Phi) is 3.52. The smallest absolute Gasteiger partial charge is 0.334 e. The van der Waals surface area contributed by atoms with Gasteiger partial charge < -0.3 is 9.84 Å². The van der Waals surface area contributed by atoms with Gasteiger partial charge in [-0.15, -0.1) is 11.3 Å². The first kappa shape index (κ1) is 9.80. The molecule has 0 fully saturated rings. The van der Waals surface area contributed by atoms with Gasteiger partial charge in [0.2, 0.25) is 0 Å². The fourth-order valence-electron chi connectivity index (χ4n) is 0.791. The number of carbonyl (C=O) groups is 1. The minimum atomic E-state index is -0.520. The summed E-state index contributed by atoms with van der Waals surface area (Å²) in [5.41, 5.74) is 0. The van der Waals surface area contributed by atoms with Crippen LogP contribution in [0.4, 0.5) is 0 Å². The van der Waals surface area contributed by atoms with Gasteiger partial charge in [0.25, 0.3) is 0 Å². The summed E-state index contributed by atoms with van der Waals surface area (Å²) in [6, 6.07) is 3.53. The molecule has 0 aliphatic heterocycles. The molecule has 1 aromatic heterocycles. The molecular weight excluding hydrogens is 188 g/mol. The number of aliphatic hydroxyl groups is 1. The molecule has 0 unspecified atom stereocenters. The lowest BCUT2D eigenvalue weighted by Gasteiger charge is -1.96. The second-order valence-corrected chi connectivity index (χ2v) is 3.21. The first-order valence-electron chi connectivity index (χ1n) is 3.85. The molecule has 70 valence electrons. The number of hydrogen-bond acceptors (Lipinski definition) is 4. The highest BCUT2D eigenvalue weighted by atomic mass is 32.1. The maximum atomic E-state index is 10.9. The third kappa shape index (κ3) is 2.91. The predicted octanol–water partition coefficient (Wildman–Crippen LogP) is 2.21. The Morgan fingerprint density at radius 2 is 2.54 bits per heavy atom. The van der Waals surface area contributed by atoms with Crippen LogP contribution in [0.15, 0.2) is 23.6 Å². The van der Waals surface area contributed by atoms with Crippen molar-refractivity contribution in [1.29, 1.82) is 0 Å². The molecule has 0 aliphatic carbocycles. The van der Waals surface area contributed by atoms with Crippen molar-refractivity contribution in [3.8, 4) is 0 Å². The van der Waals surface area contributed by atoms with E-state index in [2.05, 4.69) is 4.74 Å². The highest BCUT2D eigenvalue weighted by molar-refractivity contribution is 7.11. The van der Waals surface area contributed by atoms with Gasteiger partial charge in [-0.1, -0.05) is 6.07 Å². The highest BCUT2D eigenvalue weighted by Crippen LogP contribution is 2.17. The molecule has 0 aliphatic rings. The zero-order valence-corrected chi connectivity index (χ0v) is 8.00. The molecule has 0 saturated carbocycles. The van der Waals surface area contributed by atoms with E-state index in [9.17, 15) is 9.90 Å². The Hall–Kier alpha value is -1.29. The van der Waals surface area contributed by atoms with Gasteiger partial charge in [-0.2, -0.15) is 0 Å². The fraction of sp³-hybridized carbons (Fsp3) is 0.222. The van der Waals surface area contributed by atoms with Gasteiger partial charge in [0, 0.05) is 0 Å². The Labute approximate surface area is 80.3 Å². The Balaban J connectivity index is 2.67. The Bertz CT molecular complexity index is 301. The van der Waals surface area contributed by atoms with Crippen molar-refractivity contribution in [2.45, 2.75) is 6.92 Å². The zero-order chi connectivity index (χ0) is 9.68. The Morgan fingerprint density at radius 1 is 1.77 bits per heavy atom. The summed E-state index contributed by atoms with van der Waals surface area (Å²) in [5, 5.41) is 11.2. The largest absolute Gasteiger partial charge is 0.506 e. The van der Waals surface area contributed by atoms with Gasteiger partial charge in [0.1, 0.15) is 5.76 Å². The molecule has 0 saturated heterocycles. The van der Waals surface area contributed by atoms with E-state index in [1.54, 1.807) is 19.1 Å². The van der Waals surface area contributed by atoms with Gasteiger partial charge in [-0.25, -0.2) is 4.79 Å². The molecule has 0 atom stereocenters. The van der Waals surface area contributed by atoms with Gasteiger partial charge in [-0.3, -0.25) is 0 Å². The summed E-state index contributed by atoms with van der Waals surface area (Å²) >= 11 is 1.37. The van der Waals surface area contributed by atoms with Crippen molar-refractivity contribution in [1.82, 2.24) is 0 Å². The summed E-state index contributed by atoms with van der Waals surface area (Å²) in [7, 11) is 0. The van der Waals surface area contributed by atoms with Crippen molar-refractivity contribution in [2.24, 2.45) is 0 Å². The van der Waals surface area contributed by atoms with Crippen molar-refractivity contribution in [3.63, 3.8) is 0 Å². The molecule has 0 radical (unpaired) electrons. The second kappa shape index (κ2) is 4.67. The summed E-state index contributed by atoms with van der Waals surface area (Å²) in [6.45, 7) is 2.03. The summed E-state index contributed by atoms with van der Waals surface area (Å²) in [4.78, 5) is 11.6. The van der Waals surface area contributed by atoms with Crippen molar-refractivity contribution in [3.05, 3.63) is 28.5 Å². The van der Waals surface area contributed by atoms with E-state index in [0.29, 0.717) is 11.5 Å². The molecule has 0 spiro atoms. The van der Waals surface area contributed by atoms with Crippen LogP contribution in [0, 0.1) is 0 Å². The van der Waals surface area contributed by atoms with Gasteiger partial charge in [-0.05, 0) is 18.4 Å². The van der Waals surface area contributed by atoms with Crippen LogP contribution in [-0.4, -0.2) is 17.7 Å². The topological polar surface area (TPSA) is 46.5 Å². The molecule has 0 aromatic carbocycles. The zero-order valence-electron chi connectivity index (χ0n) is 7.19. The first-order valence-corrected chi connectivity index (χ1v) is 4.73.